The number of carbonyl (C=O) groups is 1. The molecule has 2 N–H and O–H groups in total. The molecule has 7 heteroatoms. The van der Waals surface area contributed by atoms with Crippen molar-refractivity contribution in [2.75, 3.05) is 19.5 Å². The van der Waals surface area contributed by atoms with Gasteiger partial charge in [-0.05, 0) is 41.3 Å². The number of nitrogens with zero attached hydrogens (tertiary/aromatic N) is 1. The first-order valence-corrected chi connectivity index (χ1v) is 8.84. The van der Waals surface area contributed by atoms with E-state index in [0.29, 0.717) is 23.7 Å². The summed E-state index contributed by atoms with van der Waals surface area (Å²) in [7, 11) is 3.08. The molecule has 0 spiro atoms. The van der Waals surface area contributed by atoms with Gasteiger partial charge in [-0.1, -0.05) is 12.1 Å². The van der Waals surface area contributed by atoms with Gasteiger partial charge in [-0.2, -0.15) is 0 Å². The summed E-state index contributed by atoms with van der Waals surface area (Å²) < 4.78 is 10.5. The van der Waals surface area contributed by atoms with Gasteiger partial charge in [0.05, 0.1) is 30.5 Å². The number of para-hydroxylation sites is 1. The van der Waals surface area contributed by atoms with Crippen LogP contribution < -0.4 is 20.1 Å². The average molecular weight is 369 g/mol. The highest BCUT2D eigenvalue weighted by molar-refractivity contribution is 7.13. The fourth-order valence-corrected chi connectivity index (χ4v) is 3.17. The third-order valence-corrected chi connectivity index (χ3v) is 4.59. The number of hydrogen-bond donors (Lipinski definition) is 2. The van der Waals surface area contributed by atoms with Gasteiger partial charge in [-0.25, -0.2) is 4.79 Å². The van der Waals surface area contributed by atoms with Crippen LogP contribution in [-0.2, 0) is 6.54 Å². The van der Waals surface area contributed by atoms with Crippen LogP contribution in [0, 0.1) is 0 Å². The standard InChI is InChI=1S/C19H19N3O3S/c1-24-16-6-3-5-14(18(16)25-2)22-19(23)21-12-13-8-9-20-15(11-13)17-7-4-10-26-17/h3-11H,12H2,1-2H3,(H2,21,22,23). The van der Waals surface area contributed by atoms with Crippen molar-refractivity contribution in [1.82, 2.24) is 10.3 Å². The molecule has 26 heavy (non-hydrogen) atoms. The lowest BCUT2D eigenvalue weighted by Gasteiger charge is -2.14. The summed E-state index contributed by atoms with van der Waals surface area (Å²) in [6.07, 6.45) is 1.75. The molecule has 0 aliphatic rings. The number of pyridine rings is 1. The van der Waals surface area contributed by atoms with Crippen molar-refractivity contribution in [3.8, 4) is 22.1 Å². The third-order valence-electron chi connectivity index (χ3n) is 3.70. The number of nitrogens with one attached hydrogen (secondary N) is 2. The molecule has 134 valence electrons. The summed E-state index contributed by atoms with van der Waals surface area (Å²) in [5, 5.41) is 7.63. The molecule has 2 amide bonds. The Morgan fingerprint density at radius 3 is 2.77 bits per heavy atom. The van der Waals surface area contributed by atoms with Crippen LogP contribution in [0.1, 0.15) is 5.56 Å². The lowest BCUT2D eigenvalue weighted by Crippen LogP contribution is -2.28. The minimum atomic E-state index is -0.328. The van der Waals surface area contributed by atoms with Crippen molar-refractivity contribution in [1.29, 1.82) is 0 Å². The van der Waals surface area contributed by atoms with Crippen LogP contribution in [0.25, 0.3) is 10.6 Å². The minimum absolute atomic E-state index is 0.328. The van der Waals surface area contributed by atoms with E-state index < -0.39 is 0 Å². The second-order valence-electron chi connectivity index (χ2n) is 5.38. The Kier molecular flexibility index (Phi) is 5.70. The van der Waals surface area contributed by atoms with E-state index in [0.717, 1.165) is 16.1 Å². The SMILES string of the molecule is COc1cccc(NC(=O)NCc2ccnc(-c3cccs3)c2)c1OC. The molecule has 0 saturated carbocycles. The van der Waals surface area contributed by atoms with Crippen molar-refractivity contribution >= 4 is 23.1 Å². The maximum atomic E-state index is 12.2. The predicted octanol–water partition coefficient (Wildman–Crippen LogP) is 4.15. The first-order chi connectivity index (χ1) is 12.7. The van der Waals surface area contributed by atoms with Crippen LogP contribution in [-0.4, -0.2) is 25.2 Å². The largest absolute Gasteiger partial charge is 0.493 e. The van der Waals surface area contributed by atoms with E-state index in [4.69, 9.17) is 9.47 Å². The van der Waals surface area contributed by atoms with Crippen molar-refractivity contribution < 1.29 is 14.3 Å². The molecule has 0 atom stereocenters. The van der Waals surface area contributed by atoms with Gasteiger partial charge in [0.2, 0.25) is 0 Å². The van der Waals surface area contributed by atoms with E-state index in [9.17, 15) is 4.79 Å². The van der Waals surface area contributed by atoms with E-state index in [2.05, 4.69) is 15.6 Å². The Morgan fingerprint density at radius 2 is 2.04 bits per heavy atom. The van der Waals surface area contributed by atoms with Crippen molar-refractivity contribution in [2.24, 2.45) is 0 Å². The summed E-state index contributed by atoms with van der Waals surface area (Å²) >= 11 is 1.63. The highest BCUT2D eigenvalue weighted by atomic mass is 32.1. The van der Waals surface area contributed by atoms with Crippen LogP contribution in [0.4, 0.5) is 10.5 Å². The molecule has 0 saturated heterocycles. The lowest BCUT2D eigenvalue weighted by molar-refractivity contribution is 0.251. The maximum Gasteiger partial charge on any atom is 0.319 e. The summed E-state index contributed by atoms with van der Waals surface area (Å²) in [6.45, 7) is 0.388. The van der Waals surface area contributed by atoms with Gasteiger partial charge < -0.3 is 20.1 Å². The van der Waals surface area contributed by atoms with Crippen molar-refractivity contribution in [3.05, 3.63) is 59.6 Å². The quantitative estimate of drug-likeness (QED) is 0.685. The number of benzene rings is 1. The highest BCUT2D eigenvalue weighted by Gasteiger charge is 2.12. The van der Waals surface area contributed by atoms with Crippen LogP contribution in [0.15, 0.2) is 54.0 Å². The Bertz CT molecular complexity index is 881. The van der Waals surface area contributed by atoms with E-state index in [1.54, 1.807) is 42.8 Å². The van der Waals surface area contributed by atoms with Gasteiger partial charge in [-0.15, -0.1) is 11.3 Å². The maximum absolute atomic E-state index is 12.2. The fourth-order valence-electron chi connectivity index (χ4n) is 2.48. The number of carbonyl (C=O) groups excluding carboxylic acids is 1. The molecule has 0 fully saturated rings. The Morgan fingerprint density at radius 1 is 1.15 bits per heavy atom. The predicted molar refractivity (Wildman–Crippen MR) is 103 cm³/mol. The third kappa shape index (κ3) is 4.12. The van der Waals surface area contributed by atoms with Gasteiger partial charge in [0.15, 0.2) is 11.5 Å². The molecule has 0 aliphatic carbocycles. The monoisotopic (exact) mass is 369 g/mol. The van der Waals surface area contributed by atoms with Crippen LogP contribution >= 0.6 is 11.3 Å². The second-order valence-corrected chi connectivity index (χ2v) is 6.32. The van der Waals surface area contributed by atoms with Gasteiger partial charge in [-0.3, -0.25) is 4.98 Å². The zero-order chi connectivity index (χ0) is 18.4. The van der Waals surface area contributed by atoms with Gasteiger partial charge in [0.25, 0.3) is 0 Å². The van der Waals surface area contributed by atoms with Gasteiger partial charge >= 0.3 is 6.03 Å². The van der Waals surface area contributed by atoms with Crippen molar-refractivity contribution in [2.45, 2.75) is 6.54 Å². The van der Waals surface area contributed by atoms with E-state index in [1.165, 1.54) is 7.11 Å². The smallest absolute Gasteiger partial charge is 0.319 e. The molecular formula is C19H19N3O3S. The Labute approximate surface area is 155 Å². The highest BCUT2D eigenvalue weighted by Crippen LogP contribution is 2.34. The minimum Gasteiger partial charge on any atom is -0.493 e. The van der Waals surface area contributed by atoms with E-state index in [1.807, 2.05) is 29.6 Å². The molecule has 2 heterocycles. The molecule has 1 aromatic carbocycles. The topological polar surface area (TPSA) is 72.5 Å². The number of amides is 2. The number of anilines is 1. The second kappa shape index (κ2) is 8.35. The molecule has 0 radical (unpaired) electrons. The summed E-state index contributed by atoms with van der Waals surface area (Å²) in [6, 6.07) is 12.8. The number of urea groups is 1. The first kappa shape index (κ1) is 17.8. The van der Waals surface area contributed by atoms with E-state index in [-0.39, 0.29) is 6.03 Å². The zero-order valence-corrected chi connectivity index (χ0v) is 15.3. The molecular weight excluding hydrogens is 350 g/mol. The molecule has 3 aromatic rings. The number of methoxy groups -OCH3 is 2. The number of hydrogen-bond acceptors (Lipinski definition) is 5. The normalized spacial score (nSPS) is 10.2. The molecule has 3 rings (SSSR count). The molecule has 0 aliphatic heterocycles. The summed E-state index contributed by atoms with van der Waals surface area (Å²) in [5.41, 5.74) is 2.41. The molecule has 6 nitrogen and oxygen atoms in total. The fraction of sp³-hybridized carbons (Fsp3) is 0.158. The number of aromatic nitrogens is 1. The lowest BCUT2D eigenvalue weighted by atomic mass is 10.2. The molecule has 0 unspecified atom stereocenters. The Hall–Kier alpha value is -3.06. The summed E-state index contributed by atoms with van der Waals surface area (Å²) in [5.74, 6) is 1.04. The molecule has 0 bridgehead atoms. The Balaban J connectivity index is 1.64. The number of ether oxygens (including phenoxy) is 2. The van der Waals surface area contributed by atoms with Crippen LogP contribution in [0.3, 0.4) is 0 Å². The van der Waals surface area contributed by atoms with E-state index >= 15 is 0 Å². The first-order valence-electron chi connectivity index (χ1n) is 7.96. The number of thiophene rings is 1. The van der Waals surface area contributed by atoms with Gasteiger partial charge in [0.1, 0.15) is 0 Å². The van der Waals surface area contributed by atoms with Crippen molar-refractivity contribution in [3.63, 3.8) is 0 Å². The van der Waals surface area contributed by atoms with Crippen LogP contribution in [0.5, 0.6) is 11.5 Å². The summed E-state index contributed by atoms with van der Waals surface area (Å²) in [4.78, 5) is 17.7. The zero-order valence-electron chi connectivity index (χ0n) is 14.5. The average Bonchev–Trinajstić information content (AvgIpc) is 3.21. The van der Waals surface area contributed by atoms with Crippen LogP contribution in [0.2, 0.25) is 0 Å². The van der Waals surface area contributed by atoms with Gasteiger partial charge in [0, 0.05) is 12.7 Å². The number of rotatable bonds is 6. The molecule has 2 aromatic heterocycles.